The molecule has 6 aromatic carbocycles. The van der Waals surface area contributed by atoms with Crippen molar-refractivity contribution < 1.29 is 20.4 Å². The summed E-state index contributed by atoms with van der Waals surface area (Å²) >= 11 is 4.13. The van der Waals surface area contributed by atoms with E-state index in [1.54, 1.807) is 18.2 Å². The van der Waals surface area contributed by atoms with Gasteiger partial charge in [-0.3, -0.25) is 0 Å². The molecule has 1 aliphatic rings. The van der Waals surface area contributed by atoms with Gasteiger partial charge < -0.3 is 25.7 Å². The molecule has 6 aromatic rings. The van der Waals surface area contributed by atoms with Crippen molar-refractivity contribution >= 4 is 36.5 Å². The Labute approximate surface area is 313 Å². The van der Waals surface area contributed by atoms with Crippen LogP contribution in [0.3, 0.4) is 0 Å². The minimum absolute atomic E-state index is 0.0606. The highest BCUT2D eigenvalue weighted by Gasteiger charge is 2.27. The third kappa shape index (κ3) is 6.23. The molecule has 1 unspecified atom stereocenters. The SMILES string of the molecule is C=Cc1cc(-c2c(O)c(O)c(O)c(S)c2O)ccc1-c1cccc(C2=NC(c3cccc(C)c3-c3ccccc3C=C)NC(c3ccccc3)=N2)c1C. The van der Waals surface area contributed by atoms with Crippen molar-refractivity contribution in [2.24, 2.45) is 9.98 Å². The Morgan fingerprint density at radius 3 is 2.06 bits per heavy atom. The number of aryl methyl sites for hydroxylation is 1. The Bertz CT molecular complexity index is 2480. The summed E-state index contributed by atoms with van der Waals surface area (Å²) in [6.45, 7) is 12.3. The third-order valence-corrected chi connectivity index (χ3v) is 10.1. The number of nitrogens with zero attached hydrogens (tertiary/aromatic N) is 2. The number of thiol groups is 1. The number of hydrogen-bond donors (Lipinski definition) is 6. The summed E-state index contributed by atoms with van der Waals surface area (Å²) in [5.41, 5.74) is 10.8. The normalized spacial score (nSPS) is 13.8. The van der Waals surface area contributed by atoms with Gasteiger partial charge in [0, 0.05) is 16.7 Å². The molecule has 7 nitrogen and oxygen atoms in total. The van der Waals surface area contributed by atoms with Crippen LogP contribution in [0.15, 0.2) is 137 Å². The molecule has 1 aliphatic heterocycles. The summed E-state index contributed by atoms with van der Waals surface area (Å²) in [6, 6.07) is 35.8. The highest BCUT2D eigenvalue weighted by Crippen LogP contribution is 2.53. The molecule has 0 fully saturated rings. The van der Waals surface area contributed by atoms with E-state index < -0.39 is 29.2 Å². The molecule has 0 radical (unpaired) electrons. The average molecular weight is 716 g/mol. The van der Waals surface area contributed by atoms with Gasteiger partial charge in [-0.05, 0) is 70.0 Å². The van der Waals surface area contributed by atoms with Crippen LogP contribution in [0.2, 0.25) is 0 Å². The lowest BCUT2D eigenvalue weighted by atomic mass is 9.89. The fourth-order valence-corrected chi connectivity index (χ4v) is 7.14. The van der Waals surface area contributed by atoms with Gasteiger partial charge in [0.05, 0.1) is 10.5 Å². The van der Waals surface area contributed by atoms with E-state index in [4.69, 9.17) is 9.98 Å². The van der Waals surface area contributed by atoms with Gasteiger partial charge in [0.1, 0.15) is 17.8 Å². The molecule has 0 aliphatic carbocycles. The predicted molar refractivity (Wildman–Crippen MR) is 218 cm³/mol. The molecule has 262 valence electrons. The van der Waals surface area contributed by atoms with E-state index >= 15 is 0 Å². The van der Waals surface area contributed by atoms with Gasteiger partial charge in [-0.15, -0.1) is 12.6 Å². The summed E-state index contributed by atoms with van der Waals surface area (Å²) in [4.78, 5) is 10.1. The van der Waals surface area contributed by atoms with E-state index in [0.717, 1.165) is 55.6 Å². The molecule has 1 atom stereocenters. The van der Waals surface area contributed by atoms with Crippen molar-refractivity contribution in [3.05, 3.63) is 161 Å². The summed E-state index contributed by atoms with van der Waals surface area (Å²) in [5, 5.41) is 45.4. The predicted octanol–water partition coefficient (Wildman–Crippen LogP) is 10.2. The van der Waals surface area contributed by atoms with Gasteiger partial charge in [0.2, 0.25) is 5.75 Å². The van der Waals surface area contributed by atoms with E-state index in [1.165, 1.54) is 0 Å². The minimum Gasteiger partial charge on any atom is -0.506 e. The smallest absolute Gasteiger partial charge is 0.202 e. The zero-order valence-corrected chi connectivity index (χ0v) is 30.1. The quantitative estimate of drug-likeness (QED) is 0.0533. The molecule has 5 N–H and O–H groups in total. The topological polar surface area (TPSA) is 118 Å². The number of phenols is 4. The number of hydrogen-bond acceptors (Lipinski definition) is 8. The number of amidine groups is 2. The molecular weight excluding hydrogens is 679 g/mol. The maximum absolute atomic E-state index is 10.8. The van der Waals surface area contributed by atoms with Gasteiger partial charge in [-0.1, -0.05) is 128 Å². The maximum atomic E-state index is 10.8. The van der Waals surface area contributed by atoms with Crippen LogP contribution < -0.4 is 5.32 Å². The molecule has 7 rings (SSSR count). The number of aromatic hydroxyl groups is 4. The Balaban J connectivity index is 1.38. The number of nitrogens with one attached hydrogen (secondary N) is 1. The Hall–Kier alpha value is -6.51. The number of aliphatic imine (C=N–C) groups is 2. The van der Waals surface area contributed by atoms with Gasteiger partial charge in [-0.2, -0.15) is 0 Å². The molecule has 0 saturated carbocycles. The van der Waals surface area contributed by atoms with Gasteiger partial charge in [0.25, 0.3) is 0 Å². The molecule has 0 aromatic heterocycles. The molecule has 0 saturated heterocycles. The highest BCUT2D eigenvalue weighted by atomic mass is 32.1. The van der Waals surface area contributed by atoms with Crippen LogP contribution >= 0.6 is 12.6 Å². The summed E-state index contributed by atoms with van der Waals surface area (Å²) < 4.78 is 0. The molecule has 8 heteroatoms. The van der Waals surface area contributed by atoms with E-state index in [1.807, 2.05) is 79.7 Å². The van der Waals surface area contributed by atoms with E-state index in [0.29, 0.717) is 22.8 Å². The van der Waals surface area contributed by atoms with Crippen LogP contribution in [-0.2, 0) is 0 Å². The average Bonchev–Trinajstić information content (AvgIpc) is 3.19. The van der Waals surface area contributed by atoms with Crippen LogP contribution in [0.25, 0.3) is 45.5 Å². The van der Waals surface area contributed by atoms with Crippen LogP contribution in [0.1, 0.15) is 45.1 Å². The van der Waals surface area contributed by atoms with Crippen molar-refractivity contribution in [2.75, 3.05) is 0 Å². The van der Waals surface area contributed by atoms with Gasteiger partial charge in [-0.25, -0.2) is 9.98 Å². The monoisotopic (exact) mass is 715 g/mol. The first-order valence-corrected chi connectivity index (χ1v) is 17.4. The van der Waals surface area contributed by atoms with Crippen molar-refractivity contribution in [2.45, 2.75) is 24.9 Å². The lowest BCUT2D eigenvalue weighted by Crippen LogP contribution is -2.34. The summed E-state index contributed by atoms with van der Waals surface area (Å²) in [5.74, 6) is -1.32. The van der Waals surface area contributed by atoms with Crippen LogP contribution in [0, 0.1) is 13.8 Å². The van der Waals surface area contributed by atoms with E-state index in [2.05, 4.69) is 68.4 Å². The second-order valence-corrected chi connectivity index (χ2v) is 13.2. The number of phenolic OH excluding ortho intramolecular Hbond substituents is 4. The Morgan fingerprint density at radius 1 is 0.623 bits per heavy atom. The number of benzene rings is 6. The van der Waals surface area contributed by atoms with Crippen LogP contribution in [0.4, 0.5) is 0 Å². The third-order valence-electron chi connectivity index (χ3n) is 9.64. The van der Waals surface area contributed by atoms with Gasteiger partial charge in [0.15, 0.2) is 17.3 Å². The molecule has 53 heavy (non-hydrogen) atoms. The Kier molecular flexibility index (Phi) is 9.39. The van der Waals surface area contributed by atoms with Crippen molar-refractivity contribution in [3.63, 3.8) is 0 Å². The zero-order valence-electron chi connectivity index (χ0n) is 29.2. The molecule has 0 amide bonds. The second kappa shape index (κ2) is 14.3. The zero-order chi connectivity index (χ0) is 37.4. The van der Waals surface area contributed by atoms with Gasteiger partial charge >= 0.3 is 0 Å². The Morgan fingerprint density at radius 2 is 1.30 bits per heavy atom. The fourth-order valence-electron chi connectivity index (χ4n) is 6.92. The fraction of sp³-hybridized carbons (Fsp3) is 0.0667. The highest BCUT2D eigenvalue weighted by molar-refractivity contribution is 7.80. The van der Waals surface area contributed by atoms with Crippen molar-refractivity contribution in [3.8, 4) is 56.4 Å². The molecule has 0 bridgehead atoms. The largest absolute Gasteiger partial charge is 0.506 e. The van der Waals surface area contributed by atoms with Crippen LogP contribution in [-0.4, -0.2) is 32.1 Å². The second-order valence-electron chi connectivity index (χ2n) is 12.8. The first kappa shape index (κ1) is 34.9. The first-order chi connectivity index (χ1) is 25.6. The van der Waals surface area contributed by atoms with Crippen molar-refractivity contribution in [1.82, 2.24) is 5.32 Å². The van der Waals surface area contributed by atoms with Crippen molar-refractivity contribution in [1.29, 1.82) is 0 Å². The van der Waals surface area contributed by atoms with E-state index in [9.17, 15) is 20.4 Å². The minimum atomic E-state index is -0.769. The molecular formula is C45H37N3O4S. The molecule has 1 heterocycles. The summed E-state index contributed by atoms with van der Waals surface area (Å²) in [6.07, 6.45) is 3.10. The standard InChI is InChI=1S/C45H37N3O4S/c1-5-27-15-10-11-18-34(27)36-25(3)14-12-21-35(36)45-47-43(29-16-8-7-9-17-29)46-44(48-45)32-20-13-19-31(26(32)4)33-23-22-30(24-28(33)6-2)37-38(49)40(51)41(52)42(53)39(37)50/h5-24,45,49-53H,1-2H2,3-4H3,(H,46,47,48). The maximum Gasteiger partial charge on any atom is 0.202 e. The molecule has 0 spiro atoms. The first-order valence-electron chi connectivity index (χ1n) is 17.0. The number of rotatable bonds is 8. The lowest BCUT2D eigenvalue weighted by molar-refractivity contribution is 0.353. The summed E-state index contributed by atoms with van der Waals surface area (Å²) in [7, 11) is 0. The lowest BCUT2D eigenvalue weighted by Gasteiger charge is -2.27. The van der Waals surface area contributed by atoms with Crippen LogP contribution in [0.5, 0.6) is 23.0 Å². The van der Waals surface area contributed by atoms with E-state index in [-0.39, 0.29) is 10.5 Å².